The first kappa shape index (κ1) is 25.4. The van der Waals surface area contributed by atoms with E-state index in [2.05, 4.69) is 11.0 Å². The standard InChI is InChI=1S/C26H30FN3O4/c1-4-15-33-19-21(31)17-30(14-16-32-3)18-22-25(20-10-6-5-7-11-20)28-29(2)26(22)34-24-13-9-8-12-23(24)27/h1,5-13,21,31H,14-19H2,2-3H3/t21-/m0/s1. The van der Waals surface area contributed by atoms with Gasteiger partial charge in [0, 0.05) is 39.4 Å². The lowest BCUT2D eigenvalue weighted by molar-refractivity contribution is 0.0206. The zero-order valence-electron chi connectivity index (χ0n) is 19.5. The van der Waals surface area contributed by atoms with Gasteiger partial charge in [-0.2, -0.15) is 5.10 Å². The van der Waals surface area contributed by atoms with Crippen LogP contribution in [0.1, 0.15) is 5.56 Å². The number of aryl methyl sites for hydroxylation is 1. The number of halogens is 1. The van der Waals surface area contributed by atoms with E-state index < -0.39 is 11.9 Å². The minimum atomic E-state index is -0.752. The van der Waals surface area contributed by atoms with Gasteiger partial charge in [-0.25, -0.2) is 9.07 Å². The summed E-state index contributed by atoms with van der Waals surface area (Å²) < 4.78 is 32.6. The third kappa shape index (κ3) is 6.89. The molecule has 0 aliphatic heterocycles. The van der Waals surface area contributed by atoms with E-state index >= 15 is 0 Å². The number of ether oxygens (including phenoxy) is 3. The Morgan fingerprint density at radius 3 is 2.62 bits per heavy atom. The van der Waals surface area contributed by atoms with Crippen LogP contribution < -0.4 is 4.74 Å². The fraction of sp³-hybridized carbons (Fsp3) is 0.346. The van der Waals surface area contributed by atoms with Gasteiger partial charge < -0.3 is 19.3 Å². The highest BCUT2D eigenvalue weighted by atomic mass is 19.1. The number of nitrogens with zero attached hydrogens (tertiary/aromatic N) is 3. The largest absolute Gasteiger partial charge is 0.436 e. The van der Waals surface area contributed by atoms with Crippen LogP contribution in [-0.4, -0.2) is 65.9 Å². The van der Waals surface area contributed by atoms with Crippen LogP contribution in [0, 0.1) is 18.2 Å². The van der Waals surface area contributed by atoms with Gasteiger partial charge in [-0.3, -0.25) is 4.90 Å². The van der Waals surface area contributed by atoms with Crippen molar-refractivity contribution >= 4 is 0 Å². The Hall–Kier alpha value is -3.22. The topological polar surface area (TPSA) is 69.0 Å². The molecule has 1 aromatic heterocycles. The molecule has 180 valence electrons. The first-order valence-corrected chi connectivity index (χ1v) is 11.0. The summed E-state index contributed by atoms with van der Waals surface area (Å²) >= 11 is 0. The maximum atomic E-state index is 14.4. The zero-order chi connectivity index (χ0) is 24.3. The van der Waals surface area contributed by atoms with Gasteiger partial charge in [0.05, 0.1) is 24.9 Å². The number of benzene rings is 2. The molecule has 0 radical (unpaired) electrons. The summed E-state index contributed by atoms with van der Waals surface area (Å²) in [6.45, 7) is 1.96. The fourth-order valence-corrected chi connectivity index (χ4v) is 3.57. The second-order valence-electron chi connectivity index (χ2n) is 7.76. The first-order chi connectivity index (χ1) is 16.5. The lowest BCUT2D eigenvalue weighted by atomic mass is 10.1. The molecule has 0 saturated heterocycles. The van der Waals surface area contributed by atoms with Crippen molar-refractivity contribution in [1.82, 2.24) is 14.7 Å². The molecule has 0 aliphatic rings. The summed E-state index contributed by atoms with van der Waals surface area (Å²) in [6, 6.07) is 16.0. The Kier molecular flexibility index (Phi) is 9.62. The predicted octanol–water partition coefficient (Wildman–Crippen LogP) is 3.48. The molecule has 3 rings (SSSR count). The monoisotopic (exact) mass is 467 g/mol. The molecule has 0 unspecified atom stereocenters. The Balaban J connectivity index is 1.95. The second-order valence-corrected chi connectivity index (χ2v) is 7.76. The third-order valence-corrected chi connectivity index (χ3v) is 5.14. The van der Waals surface area contributed by atoms with Crippen LogP contribution in [0.15, 0.2) is 54.6 Å². The van der Waals surface area contributed by atoms with Crippen LogP contribution in [0.2, 0.25) is 0 Å². The van der Waals surface area contributed by atoms with Gasteiger partial charge in [-0.15, -0.1) is 6.42 Å². The van der Waals surface area contributed by atoms with Gasteiger partial charge >= 0.3 is 0 Å². The van der Waals surface area contributed by atoms with Crippen molar-refractivity contribution in [3.05, 3.63) is 66.0 Å². The van der Waals surface area contributed by atoms with Crippen LogP contribution in [0.5, 0.6) is 11.6 Å². The number of hydrogen-bond donors (Lipinski definition) is 1. The van der Waals surface area contributed by atoms with Crippen molar-refractivity contribution in [2.75, 3.05) is 40.0 Å². The van der Waals surface area contributed by atoms with E-state index in [4.69, 9.17) is 20.6 Å². The van der Waals surface area contributed by atoms with Crippen molar-refractivity contribution in [2.45, 2.75) is 12.6 Å². The average Bonchev–Trinajstić information content (AvgIpc) is 3.14. The maximum Gasteiger partial charge on any atom is 0.222 e. The minimum absolute atomic E-state index is 0.109. The number of para-hydroxylation sites is 1. The van der Waals surface area contributed by atoms with Crippen LogP contribution >= 0.6 is 0 Å². The molecule has 8 heteroatoms. The maximum absolute atomic E-state index is 14.4. The molecule has 1 atom stereocenters. The van der Waals surface area contributed by atoms with Crippen LogP contribution in [0.4, 0.5) is 4.39 Å². The molecule has 2 aromatic carbocycles. The average molecular weight is 468 g/mol. The summed E-state index contributed by atoms with van der Waals surface area (Å²) in [5.74, 6) is 2.45. The SMILES string of the molecule is C#CCOC[C@@H](O)CN(CCOC)Cc1c(-c2ccccc2)nn(C)c1Oc1ccccc1F. The number of rotatable bonds is 13. The Morgan fingerprint density at radius 1 is 1.18 bits per heavy atom. The van der Waals surface area contributed by atoms with Crippen LogP contribution in [-0.2, 0) is 23.1 Å². The fourth-order valence-electron chi connectivity index (χ4n) is 3.57. The normalized spacial score (nSPS) is 12.0. The Bertz CT molecular complexity index is 1080. The predicted molar refractivity (Wildman–Crippen MR) is 128 cm³/mol. The van der Waals surface area contributed by atoms with E-state index in [1.807, 2.05) is 35.2 Å². The highest BCUT2D eigenvalue weighted by molar-refractivity contribution is 5.65. The van der Waals surface area contributed by atoms with Gasteiger partial charge in [0.15, 0.2) is 11.6 Å². The Labute approximate surface area is 199 Å². The van der Waals surface area contributed by atoms with E-state index in [0.29, 0.717) is 32.1 Å². The zero-order valence-corrected chi connectivity index (χ0v) is 19.5. The molecule has 0 spiro atoms. The molecule has 0 bridgehead atoms. The Morgan fingerprint density at radius 2 is 1.91 bits per heavy atom. The molecule has 0 saturated carbocycles. The smallest absolute Gasteiger partial charge is 0.222 e. The van der Waals surface area contributed by atoms with E-state index in [9.17, 15) is 9.50 Å². The van der Waals surface area contributed by atoms with Crippen molar-refractivity contribution in [1.29, 1.82) is 0 Å². The van der Waals surface area contributed by atoms with Crippen molar-refractivity contribution in [2.24, 2.45) is 7.05 Å². The second kappa shape index (κ2) is 12.9. The van der Waals surface area contributed by atoms with E-state index in [1.54, 1.807) is 37.0 Å². The van der Waals surface area contributed by atoms with Gasteiger partial charge in [0.2, 0.25) is 5.88 Å². The summed E-state index contributed by atoms with van der Waals surface area (Å²) in [5.41, 5.74) is 2.39. The molecular formula is C26H30FN3O4. The van der Waals surface area contributed by atoms with Crippen molar-refractivity contribution in [3.63, 3.8) is 0 Å². The number of aromatic nitrogens is 2. The number of aliphatic hydroxyl groups is 1. The molecule has 7 nitrogen and oxygen atoms in total. The first-order valence-electron chi connectivity index (χ1n) is 11.0. The van der Waals surface area contributed by atoms with Crippen LogP contribution in [0.25, 0.3) is 11.3 Å². The molecular weight excluding hydrogens is 437 g/mol. The van der Waals surface area contributed by atoms with E-state index in [0.717, 1.165) is 16.8 Å². The molecule has 0 fully saturated rings. The van der Waals surface area contributed by atoms with E-state index in [1.165, 1.54) is 6.07 Å². The van der Waals surface area contributed by atoms with Gasteiger partial charge in [0.25, 0.3) is 0 Å². The van der Waals surface area contributed by atoms with Gasteiger partial charge in [-0.05, 0) is 12.1 Å². The minimum Gasteiger partial charge on any atom is -0.436 e. The summed E-state index contributed by atoms with van der Waals surface area (Å²) in [7, 11) is 3.38. The van der Waals surface area contributed by atoms with Crippen LogP contribution in [0.3, 0.4) is 0 Å². The molecule has 3 aromatic rings. The third-order valence-electron chi connectivity index (χ3n) is 5.14. The summed E-state index contributed by atoms with van der Waals surface area (Å²) in [6.07, 6.45) is 4.46. The highest BCUT2D eigenvalue weighted by Gasteiger charge is 2.24. The molecule has 34 heavy (non-hydrogen) atoms. The van der Waals surface area contributed by atoms with Crippen molar-refractivity contribution < 1.29 is 23.7 Å². The molecule has 0 aliphatic carbocycles. The molecule has 1 N–H and O–H groups in total. The molecule has 1 heterocycles. The lowest BCUT2D eigenvalue weighted by Crippen LogP contribution is -2.36. The number of methoxy groups -OCH3 is 1. The lowest BCUT2D eigenvalue weighted by Gasteiger charge is -2.25. The number of hydrogen-bond acceptors (Lipinski definition) is 6. The summed E-state index contributed by atoms with van der Waals surface area (Å²) in [5, 5.41) is 15.2. The van der Waals surface area contributed by atoms with Gasteiger partial charge in [0.1, 0.15) is 12.3 Å². The highest BCUT2D eigenvalue weighted by Crippen LogP contribution is 2.34. The molecule has 0 amide bonds. The van der Waals surface area contributed by atoms with Crippen molar-refractivity contribution in [3.8, 4) is 35.2 Å². The number of aliphatic hydroxyl groups excluding tert-OH is 1. The van der Waals surface area contributed by atoms with E-state index in [-0.39, 0.29) is 19.0 Å². The van der Waals surface area contributed by atoms with Gasteiger partial charge in [-0.1, -0.05) is 48.4 Å². The summed E-state index contributed by atoms with van der Waals surface area (Å²) in [4.78, 5) is 2.02. The number of terminal acetylenes is 1. The quantitative estimate of drug-likeness (QED) is 0.307.